The number of nitrogens with zero attached hydrogens (tertiary/aromatic N) is 6. The fourth-order valence-electron chi connectivity index (χ4n) is 3.56. The summed E-state index contributed by atoms with van der Waals surface area (Å²) in [5, 5.41) is 15.4. The highest BCUT2D eigenvalue weighted by Gasteiger charge is 2.13. The van der Waals surface area contributed by atoms with Gasteiger partial charge in [0.1, 0.15) is 0 Å². The van der Waals surface area contributed by atoms with Crippen LogP contribution in [0.4, 0.5) is 0 Å². The van der Waals surface area contributed by atoms with Gasteiger partial charge in [-0.3, -0.25) is 9.48 Å². The van der Waals surface area contributed by atoms with Gasteiger partial charge >= 0.3 is 0 Å². The predicted molar refractivity (Wildman–Crippen MR) is 110 cm³/mol. The van der Waals surface area contributed by atoms with Crippen LogP contribution in [-0.4, -0.2) is 61.8 Å². The number of carbonyl (C=O) groups excluding carboxylic acids is 1. The smallest absolute Gasteiger partial charge is 0.273 e. The molecule has 1 amide bonds. The molecule has 0 atom stereocenters. The Morgan fingerprint density at radius 2 is 1.86 bits per heavy atom. The molecule has 1 aromatic carbocycles. The minimum atomic E-state index is -0.190. The molecule has 29 heavy (non-hydrogen) atoms. The number of aromatic nitrogens is 5. The largest absolute Gasteiger partial charge is 0.350 e. The molecule has 1 fully saturated rings. The summed E-state index contributed by atoms with van der Waals surface area (Å²) in [5.74, 6) is -0.190. The number of amides is 1. The number of carbonyl (C=O) groups is 1. The molecule has 8 heteroatoms. The van der Waals surface area contributed by atoms with Crippen LogP contribution in [0.25, 0.3) is 5.69 Å². The first-order valence-corrected chi connectivity index (χ1v) is 10.3. The number of hydrogen-bond donors (Lipinski definition) is 1. The molecule has 1 aliphatic heterocycles. The van der Waals surface area contributed by atoms with Crippen molar-refractivity contribution in [3.63, 3.8) is 0 Å². The topological polar surface area (TPSA) is 80.9 Å². The van der Waals surface area contributed by atoms with Gasteiger partial charge in [0.2, 0.25) is 0 Å². The average molecular weight is 393 g/mol. The van der Waals surface area contributed by atoms with Crippen LogP contribution in [0.15, 0.2) is 48.9 Å². The molecule has 0 unspecified atom stereocenters. The molecule has 3 aromatic rings. The van der Waals surface area contributed by atoms with Crippen LogP contribution in [0.3, 0.4) is 0 Å². The molecule has 0 radical (unpaired) electrons. The third-order valence-corrected chi connectivity index (χ3v) is 5.22. The minimum absolute atomic E-state index is 0.190. The van der Waals surface area contributed by atoms with Crippen molar-refractivity contribution >= 4 is 5.91 Å². The standard InChI is InChI=1S/C21H27N7O/c29-21(20-17-27(25-24-20)14-13-26-11-5-2-6-12-26)22-10-9-18-15-23-28(16-18)19-7-3-1-4-8-19/h1,3-4,7-8,15-17H,2,5-6,9-14H2,(H,22,29). The van der Waals surface area contributed by atoms with Crippen molar-refractivity contribution in [2.75, 3.05) is 26.2 Å². The summed E-state index contributed by atoms with van der Waals surface area (Å²) in [7, 11) is 0. The normalized spacial score (nSPS) is 14.8. The maximum absolute atomic E-state index is 12.3. The van der Waals surface area contributed by atoms with Crippen LogP contribution in [-0.2, 0) is 13.0 Å². The quantitative estimate of drug-likeness (QED) is 0.632. The predicted octanol–water partition coefficient (Wildman–Crippen LogP) is 1.92. The van der Waals surface area contributed by atoms with Crippen molar-refractivity contribution in [1.82, 2.24) is 35.0 Å². The zero-order chi connectivity index (χ0) is 19.9. The average Bonchev–Trinajstić information content (AvgIpc) is 3.44. The number of nitrogens with one attached hydrogen (secondary N) is 1. The molecular formula is C21H27N7O. The fraction of sp³-hybridized carbons (Fsp3) is 0.429. The number of likely N-dealkylation sites (tertiary alicyclic amines) is 1. The van der Waals surface area contributed by atoms with E-state index in [1.165, 1.54) is 19.3 Å². The molecule has 2 aromatic heterocycles. The molecule has 0 aliphatic carbocycles. The Bertz CT molecular complexity index is 912. The Labute approximate surface area is 170 Å². The zero-order valence-corrected chi connectivity index (χ0v) is 16.6. The second-order valence-electron chi connectivity index (χ2n) is 7.40. The summed E-state index contributed by atoms with van der Waals surface area (Å²) < 4.78 is 3.60. The zero-order valence-electron chi connectivity index (χ0n) is 16.6. The lowest BCUT2D eigenvalue weighted by Gasteiger charge is -2.25. The SMILES string of the molecule is O=C(NCCc1cnn(-c2ccccc2)c1)c1cn(CCN2CCCCC2)nn1. The van der Waals surface area contributed by atoms with Crippen LogP contribution < -0.4 is 5.32 Å². The molecule has 0 bridgehead atoms. The van der Waals surface area contributed by atoms with Gasteiger partial charge in [0, 0.05) is 19.3 Å². The van der Waals surface area contributed by atoms with Gasteiger partial charge in [-0.25, -0.2) is 4.68 Å². The summed E-state index contributed by atoms with van der Waals surface area (Å²) in [4.78, 5) is 14.8. The minimum Gasteiger partial charge on any atom is -0.350 e. The van der Waals surface area contributed by atoms with Crippen molar-refractivity contribution in [3.8, 4) is 5.69 Å². The summed E-state index contributed by atoms with van der Waals surface area (Å²) in [6.45, 7) is 4.56. The fourth-order valence-corrected chi connectivity index (χ4v) is 3.56. The summed E-state index contributed by atoms with van der Waals surface area (Å²) in [6, 6.07) is 9.96. The van der Waals surface area contributed by atoms with Gasteiger partial charge in [-0.1, -0.05) is 29.8 Å². The van der Waals surface area contributed by atoms with E-state index in [2.05, 4.69) is 25.6 Å². The van der Waals surface area contributed by atoms with Gasteiger partial charge in [-0.2, -0.15) is 5.10 Å². The Morgan fingerprint density at radius 1 is 1.03 bits per heavy atom. The third kappa shape index (κ3) is 5.29. The van der Waals surface area contributed by atoms with Crippen LogP contribution in [0, 0.1) is 0 Å². The third-order valence-electron chi connectivity index (χ3n) is 5.22. The van der Waals surface area contributed by atoms with Crippen molar-refractivity contribution < 1.29 is 4.79 Å². The van der Waals surface area contributed by atoms with E-state index in [1.807, 2.05) is 47.4 Å². The van der Waals surface area contributed by atoms with Gasteiger partial charge in [0.25, 0.3) is 5.91 Å². The molecule has 1 aliphatic rings. The lowest BCUT2D eigenvalue weighted by Crippen LogP contribution is -2.32. The van der Waals surface area contributed by atoms with Crippen LogP contribution in [0.2, 0.25) is 0 Å². The maximum atomic E-state index is 12.3. The van der Waals surface area contributed by atoms with Gasteiger partial charge in [0.05, 0.1) is 24.6 Å². The van der Waals surface area contributed by atoms with Crippen molar-refractivity contribution in [2.24, 2.45) is 0 Å². The highest BCUT2D eigenvalue weighted by Crippen LogP contribution is 2.09. The highest BCUT2D eigenvalue weighted by molar-refractivity contribution is 5.91. The van der Waals surface area contributed by atoms with E-state index in [-0.39, 0.29) is 5.91 Å². The first-order valence-electron chi connectivity index (χ1n) is 10.3. The molecule has 3 heterocycles. The molecule has 4 rings (SSSR count). The lowest BCUT2D eigenvalue weighted by molar-refractivity contribution is 0.0949. The van der Waals surface area contributed by atoms with Crippen molar-refractivity contribution in [2.45, 2.75) is 32.2 Å². The molecule has 0 saturated carbocycles. The van der Waals surface area contributed by atoms with Gasteiger partial charge in [-0.15, -0.1) is 5.10 Å². The van der Waals surface area contributed by atoms with E-state index in [4.69, 9.17) is 0 Å². The Balaban J connectivity index is 1.22. The van der Waals surface area contributed by atoms with Crippen LogP contribution in [0.1, 0.15) is 35.3 Å². The van der Waals surface area contributed by atoms with E-state index in [0.717, 1.165) is 37.4 Å². The molecule has 1 N–H and O–H groups in total. The molecule has 152 valence electrons. The lowest BCUT2D eigenvalue weighted by atomic mass is 10.1. The molecular weight excluding hydrogens is 366 g/mol. The van der Waals surface area contributed by atoms with E-state index in [1.54, 1.807) is 10.9 Å². The highest BCUT2D eigenvalue weighted by atomic mass is 16.2. The van der Waals surface area contributed by atoms with Gasteiger partial charge in [0.15, 0.2) is 5.69 Å². The van der Waals surface area contributed by atoms with E-state index >= 15 is 0 Å². The summed E-state index contributed by atoms with van der Waals surface area (Å²) in [6.07, 6.45) is 10.1. The Morgan fingerprint density at radius 3 is 2.69 bits per heavy atom. The number of rotatable bonds is 8. The number of piperidine rings is 1. The first-order chi connectivity index (χ1) is 14.3. The number of para-hydroxylation sites is 1. The summed E-state index contributed by atoms with van der Waals surface area (Å²) in [5.41, 5.74) is 2.45. The summed E-state index contributed by atoms with van der Waals surface area (Å²) >= 11 is 0. The molecule has 1 saturated heterocycles. The maximum Gasteiger partial charge on any atom is 0.273 e. The van der Waals surface area contributed by atoms with Crippen molar-refractivity contribution in [3.05, 3.63) is 60.2 Å². The first kappa shape index (κ1) is 19.3. The Hall–Kier alpha value is -3.00. The van der Waals surface area contributed by atoms with Gasteiger partial charge in [-0.05, 0) is 50.0 Å². The monoisotopic (exact) mass is 393 g/mol. The Kier molecular flexibility index (Phi) is 6.31. The van der Waals surface area contributed by atoms with Crippen molar-refractivity contribution in [1.29, 1.82) is 0 Å². The number of benzene rings is 1. The van der Waals surface area contributed by atoms with Crippen LogP contribution >= 0.6 is 0 Å². The number of hydrogen-bond acceptors (Lipinski definition) is 5. The van der Waals surface area contributed by atoms with E-state index < -0.39 is 0 Å². The van der Waals surface area contributed by atoms with Crippen LogP contribution in [0.5, 0.6) is 0 Å². The van der Waals surface area contributed by atoms with E-state index in [0.29, 0.717) is 18.7 Å². The second kappa shape index (κ2) is 9.47. The van der Waals surface area contributed by atoms with E-state index in [9.17, 15) is 4.79 Å². The second-order valence-corrected chi connectivity index (χ2v) is 7.40. The van der Waals surface area contributed by atoms with Gasteiger partial charge < -0.3 is 10.2 Å². The molecule has 0 spiro atoms. The molecule has 8 nitrogen and oxygen atoms in total.